The fourth-order valence-electron chi connectivity index (χ4n) is 4.74. The van der Waals surface area contributed by atoms with Crippen LogP contribution in [-0.2, 0) is 36.0 Å². The molecule has 3 aliphatic heterocycles. The lowest BCUT2D eigenvalue weighted by Crippen LogP contribution is -2.47. The first-order valence-corrected chi connectivity index (χ1v) is 11.5. The molecule has 154 valence electrons. The Morgan fingerprint density at radius 1 is 1.18 bits per heavy atom. The lowest BCUT2D eigenvalue weighted by molar-refractivity contribution is 0.103. The fourth-order valence-corrected chi connectivity index (χ4v) is 5.53. The molecule has 1 spiro atoms. The van der Waals surface area contributed by atoms with Crippen molar-refractivity contribution in [3.63, 3.8) is 0 Å². The first-order chi connectivity index (χ1) is 13.1. The summed E-state index contributed by atoms with van der Waals surface area (Å²) < 4.78 is 27.3. The molecule has 2 amide bonds. The van der Waals surface area contributed by atoms with Crippen molar-refractivity contribution in [3.05, 3.63) is 27.4 Å². The quantitative estimate of drug-likeness (QED) is 0.644. The van der Waals surface area contributed by atoms with Crippen LogP contribution in [0.15, 0.2) is 4.79 Å². The average molecular weight is 410 g/mol. The van der Waals surface area contributed by atoms with Gasteiger partial charge in [0.1, 0.15) is 5.82 Å². The topological polar surface area (TPSA) is 95.8 Å². The van der Waals surface area contributed by atoms with Crippen LogP contribution in [-0.4, -0.2) is 78.1 Å². The van der Waals surface area contributed by atoms with Crippen LogP contribution < -0.4 is 5.56 Å². The molecule has 3 aliphatic rings. The summed E-state index contributed by atoms with van der Waals surface area (Å²) in [5.41, 5.74) is 1.18. The van der Waals surface area contributed by atoms with E-state index >= 15 is 0 Å². The summed E-state index contributed by atoms with van der Waals surface area (Å²) in [7, 11) is 0.195. The minimum Gasteiger partial charge on any atom is -0.332 e. The number of likely N-dealkylation sites (tertiary alicyclic amines) is 1. The molecule has 1 saturated heterocycles. The van der Waals surface area contributed by atoms with E-state index in [9.17, 15) is 18.0 Å². The average Bonchev–Trinajstić information content (AvgIpc) is 2.98. The molecule has 0 bridgehead atoms. The molecule has 0 radical (unpaired) electrons. The molecule has 0 N–H and O–H groups in total. The summed E-state index contributed by atoms with van der Waals surface area (Å²) in [4.78, 5) is 32.6. The number of urea groups is 1. The van der Waals surface area contributed by atoms with Gasteiger partial charge in [0.25, 0.3) is 5.56 Å². The number of nitrogens with zero attached hydrogens (tertiary/aromatic N) is 5. The SMILES string of the molecule is CN(C)C(=O)N1CCC2(CC1)Cc1nc(=O)c3c(n1C2)CCN(S(C)(=O)=O)C3. The second-order valence-electron chi connectivity index (χ2n) is 8.53. The Morgan fingerprint density at radius 3 is 2.46 bits per heavy atom. The molecule has 10 heteroatoms. The highest BCUT2D eigenvalue weighted by Gasteiger charge is 2.43. The Hall–Kier alpha value is -1.94. The third kappa shape index (κ3) is 3.22. The number of aromatic nitrogens is 2. The highest BCUT2D eigenvalue weighted by atomic mass is 32.2. The van der Waals surface area contributed by atoms with Crippen molar-refractivity contribution in [1.29, 1.82) is 0 Å². The minimum atomic E-state index is -3.33. The van der Waals surface area contributed by atoms with Gasteiger partial charge in [-0.3, -0.25) is 4.79 Å². The lowest BCUT2D eigenvalue weighted by atomic mass is 9.77. The highest BCUT2D eigenvalue weighted by molar-refractivity contribution is 7.88. The van der Waals surface area contributed by atoms with E-state index in [1.165, 1.54) is 10.6 Å². The molecule has 0 saturated carbocycles. The Morgan fingerprint density at radius 2 is 1.86 bits per heavy atom. The van der Waals surface area contributed by atoms with Gasteiger partial charge in [0.2, 0.25) is 10.0 Å². The molecule has 1 aromatic rings. The van der Waals surface area contributed by atoms with Gasteiger partial charge in [0, 0.05) is 65.4 Å². The van der Waals surface area contributed by atoms with E-state index in [1.807, 2.05) is 4.90 Å². The fraction of sp³-hybridized carbons (Fsp3) is 0.722. The second-order valence-corrected chi connectivity index (χ2v) is 10.5. The summed E-state index contributed by atoms with van der Waals surface area (Å²) in [6.07, 6.45) is 4.22. The van der Waals surface area contributed by atoms with Gasteiger partial charge in [-0.1, -0.05) is 0 Å². The number of hydrogen-bond donors (Lipinski definition) is 0. The number of sulfonamides is 1. The maximum absolute atomic E-state index is 12.6. The number of carbonyl (C=O) groups is 1. The van der Waals surface area contributed by atoms with E-state index in [-0.39, 0.29) is 23.6 Å². The molecule has 4 heterocycles. The number of rotatable bonds is 1. The van der Waals surface area contributed by atoms with Gasteiger partial charge in [-0.15, -0.1) is 0 Å². The van der Waals surface area contributed by atoms with Crippen LogP contribution in [0.1, 0.15) is 29.9 Å². The normalized spacial score (nSPS) is 21.5. The van der Waals surface area contributed by atoms with Crippen LogP contribution in [0.25, 0.3) is 0 Å². The highest BCUT2D eigenvalue weighted by Crippen LogP contribution is 2.42. The van der Waals surface area contributed by atoms with Crippen molar-refractivity contribution in [1.82, 2.24) is 23.7 Å². The van der Waals surface area contributed by atoms with Gasteiger partial charge in [-0.2, -0.15) is 9.29 Å². The zero-order chi connectivity index (χ0) is 20.3. The van der Waals surface area contributed by atoms with E-state index in [1.54, 1.807) is 19.0 Å². The monoisotopic (exact) mass is 409 g/mol. The molecule has 28 heavy (non-hydrogen) atoms. The van der Waals surface area contributed by atoms with Crippen molar-refractivity contribution >= 4 is 16.1 Å². The van der Waals surface area contributed by atoms with Gasteiger partial charge in [0.15, 0.2) is 0 Å². The minimum absolute atomic E-state index is 0.0264. The first kappa shape index (κ1) is 19.4. The Bertz CT molecular complexity index is 976. The molecule has 1 fully saturated rings. The summed E-state index contributed by atoms with van der Waals surface area (Å²) in [6.45, 7) is 2.71. The van der Waals surface area contributed by atoms with Crippen molar-refractivity contribution in [2.75, 3.05) is 40.0 Å². The standard InChI is InChI=1S/C18H27N5O4S/c1-20(2)17(25)21-8-5-18(6-9-21)10-15-19-16(24)13-11-22(28(3,26)27)7-4-14(13)23(15)12-18/h4-12H2,1-3H3. The van der Waals surface area contributed by atoms with Crippen LogP contribution in [0.2, 0.25) is 0 Å². The summed E-state index contributed by atoms with van der Waals surface area (Å²) in [5, 5.41) is 0. The summed E-state index contributed by atoms with van der Waals surface area (Å²) >= 11 is 0. The van der Waals surface area contributed by atoms with E-state index in [0.717, 1.165) is 37.3 Å². The van der Waals surface area contributed by atoms with Crippen molar-refractivity contribution < 1.29 is 13.2 Å². The third-order valence-corrected chi connectivity index (χ3v) is 7.63. The Balaban J connectivity index is 1.57. The van der Waals surface area contributed by atoms with E-state index in [2.05, 4.69) is 9.55 Å². The van der Waals surface area contributed by atoms with Crippen molar-refractivity contribution in [2.24, 2.45) is 5.41 Å². The van der Waals surface area contributed by atoms with Gasteiger partial charge < -0.3 is 14.4 Å². The Kier molecular flexibility index (Phi) is 4.53. The lowest BCUT2D eigenvalue weighted by Gasteiger charge is -2.39. The largest absolute Gasteiger partial charge is 0.332 e. The smallest absolute Gasteiger partial charge is 0.319 e. The molecular formula is C18H27N5O4S. The summed E-state index contributed by atoms with van der Waals surface area (Å²) in [6, 6.07) is 0.0382. The van der Waals surface area contributed by atoms with Crippen LogP contribution in [0.5, 0.6) is 0 Å². The first-order valence-electron chi connectivity index (χ1n) is 9.62. The molecule has 0 aliphatic carbocycles. The number of hydrogen-bond acceptors (Lipinski definition) is 5. The zero-order valence-electron chi connectivity index (χ0n) is 16.6. The molecule has 4 rings (SSSR count). The molecule has 1 aromatic heterocycles. The number of amides is 2. The van der Waals surface area contributed by atoms with E-state index in [0.29, 0.717) is 31.6 Å². The Labute approximate surface area is 165 Å². The van der Waals surface area contributed by atoms with E-state index in [4.69, 9.17) is 0 Å². The molecular weight excluding hydrogens is 382 g/mol. The van der Waals surface area contributed by atoms with Crippen LogP contribution in [0.4, 0.5) is 4.79 Å². The molecule has 0 aromatic carbocycles. The predicted octanol–water partition coefficient (Wildman–Crippen LogP) is -0.119. The van der Waals surface area contributed by atoms with Gasteiger partial charge in [-0.25, -0.2) is 13.2 Å². The maximum atomic E-state index is 12.6. The van der Waals surface area contributed by atoms with Gasteiger partial charge in [-0.05, 0) is 18.3 Å². The zero-order valence-corrected chi connectivity index (χ0v) is 17.5. The van der Waals surface area contributed by atoms with Crippen LogP contribution in [0, 0.1) is 5.41 Å². The van der Waals surface area contributed by atoms with Crippen LogP contribution >= 0.6 is 0 Å². The third-order valence-electron chi connectivity index (χ3n) is 6.38. The number of fused-ring (bicyclic) bond motifs is 3. The van der Waals surface area contributed by atoms with Gasteiger partial charge in [0.05, 0.1) is 11.8 Å². The predicted molar refractivity (Wildman–Crippen MR) is 103 cm³/mol. The number of piperidine rings is 1. The molecule has 9 nitrogen and oxygen atoms in total. The molecule has 0 atom stereocenters. The van der Waals surface area contributed by atoms with Gasteiger partial charge >= 0.3 is 6.03 Å². The van der Waals surface area contributed by atoms with E-state index < -0.39 is 10.0 Å². The van der Waals surface area contributed by atoms with Crippen molar-refractivity contribution in [3.8, 4) is 0 Å². The number of carbonyl (C=O) groups excluding carboxylic acids is 1. The summed E-state index contributed by atoms with van der Waals surface area (Å²) in [5.74, 6) is 0.809. The van der Waals surface area contributed by atoms with Crippen molar-refractivity contribution in [2.45, 2.75) is 38.8 Å². The second kappa shape index (κ2) is 6.55. The maximum Gasteiger partial charge on any atom is 0.319 e. The van der Waals surface area contributed by atoms with Crippen LogP contribution in [0.3, 0.4) is 0 Å². The molecule has 0 unspecified atom stereocenters.